The third-order valence-corrected chi connectivity index (χ3v) is 4.03. The van der Waals surface area contributed by atoms with Gasteiger partial charge in [-0.3, -0.25) is 4.98 Å². The minimum absolute atomic E-state index is 0.292. The second-order valence-corrected chi connectivity index (χ2v) is 5.44. The number of hydrogen-bond donors (Lipinski definition) is 2. The van der Waals surface area contributed by atoms with Crippen LogP contribution in [0.4, 0.5) is 11.4 Å². The van der Waals surface area contributed by atoms with Crippen LogP contribution in [0.1, 0.15) is 20.3 Å². The fourth-order valence-corrected chi connectivity index (χ4v) is 2.39. The molecule has 2 heterocycles. The van der Waals surface area contributed by atoms with Gasteiger partial charge in [-0.05, 0) is 12.5 Å². The molecule has 1 aromatic carbocycles. The van der Waals surface area contributed by atoms with Gasteiger partial charge in [-0.25, -0.2) is 0 Å². The highest BCUT2D eigenvalue weighted by atomic mass is 15.0. The van der Waals surface area contributed by atoms with E-state index < -0.39 is 0 Å². The summed E-state index contributed by atoms with van der Waals surface area (Å²) in [6, 6.07) is 8.28. The maximum absolute atomic E-state index is 4.51. The van der Waals surface area contributed by atoms with E-state index in [1.165, 1.54) is 11.1 Å². The van der Waals surface area contributed by atoms with Gasteiger partial charge in [0.15, 0.2) is 0 Å². The van der Waals surface area contributed by atoms with Crippen LogP contribution in [0.15, 0.2) is 30.5 Å². The lowest BCUT2D eigenvalue weighted by Crippen LogP contribution is -2.30. The molecule has 0 saturated carbocycles. The first-order chi connectivity index (χ1) is 8.72. The lowest BCUT2D eigenvalue weighted by atomic mass is 9.88. The van der Waals surface area contributed by atoms with E-state index in [1.54, 1.807) is 0 Å². The van der Waals surface area contributed by atoms with Gasteiger partial charge < -0.3 is 10.6 Å². The van der Waals surface area contributed by atoms with Crippen molar-refractivity contribution in [3.63, 3.8) is 0 Å². The van der Waals surface area contributed by atoms with Crippen LogP contribution in [-0.4, -0.2) is 18.1 Å². The van der Waals surface area contributed by atoms with Crippen LogP contribution < -0.4 is 10.6 Å². The molecule has 1 aromatic heterocycles. The Morgan fingerprint density at radius 3 is 2.83 bits per heavy atom. The first-order valence-electron chi connectivity index (χ1n) is 6.57. The topological polar surface area (TPSA) is 37.0 Å². The second-order valence-electron chi connectivity index (χ2n) is 5.44. The van der Waals surface area contributed by atoms with Gasteiger partial charge in [-0.2, -0.15) is 0 Å². The number of rotatable bonds is 1. The zero-order chi connectivity index (χ0) is 12.6. The van der Waals surface area contributed by atoms with E-state index in [0.29, 0.717) is 5.41 Å². The van der Waals surface area contributed by atoms with Gasteiger partial charge in [-0.15, -0.1) is 0 Å². The molecular weight excluding hydrogens is 222 g/mol. The van der Waals surface area contributed by atoms with Crippen LogP contribution in [0.25, 0.3) is 10.9 Å². The Hall–Kier alpha value is -1.77. The van der Waals surface area contributed by atoms with Crippen molar-refractivity contribution in [2.45, 2.75) is 20.3 Å². The molecule has 18 heavy (non-hydrogen) atoms. The molecule has 0 radical (unpaired) electrons. The van der Waals surface area contributed by atoms with E-state index in [4.69, 9.17) is 0 Å². The summed E-state index contributed by atoms with van der Waals surface area (Å²) in [6.07, 6.45) is 3.10. The first kappa shape index (κ1) is 11.3. The number of fused-ring (bicyclic) bond motifs is 3. The second kappa shape index (κ2) is 4.16. The van der Waals surface area contributed by atoms with Crippen molar-refractivity contribution in [3.05, 3.63) is 30.5 Å². The third-order valence-electron chi connectivity index (χ3n) is 4.03. The molecule has 1 aliphatic rings. The van der Waals surface area contributed by atoms with E-state index in [9.17, 15) is 0 Å². The molecule has 3 nitrogen and oxygen atoms in total. The number of nitrogens with zero attached hydrogens (tertiary/aromatic N) is 1. The van der Waals surface area contributed by atoms with Crippen LogP contribution in [0.2, 0.25) is 0 Å². The number of anilines is 2. The fourth-order valence-electron chi connectivity index (χ4n) is 2.39. The van der Waals surface area contributed by atoms with Crippen molar-refractivity contribution in [2.75, 3.05) is 23.7 Å². The summed E-state index contributed by atoms with van der Waals surface area (Å²) < 4.78 is 0. The van der Waals surface area contributed by atoms with Crippen LogP contribution in [0.5, 0.6) is 0 Å². The molecular formula is C15H19N3. The molecule has 3 heteroatoms. The number of aromatic nitrogens is 1. The van der Waals surface area contributed by atoms with Gasteiger partial charge in [0.25, 0.3) is 0 Å². The molecule has 1 aliphatic heterocycles. The molecule has 1 atom stereocenters. The summed E-state index contributed by atoms with van der Waals surface area (Å²) in [5.74, 6) is 0. The number of hydrogen-bond acceptors (Lipinski definition) is 3. The standard InChI is InChI=1S/C15H19N3/c1-3-15(2)9-17-13-8-16-12-7-5-4-6-11(12)14(13)18-10-15/h4-8,17-18H,3,9-10H2,1-2H3. The van der Waals surface area contributed by atoms with Gasteiger partial charge in [0.2, 0.25) is 0 Å². The maximum Gasteiger partial charge on any atom is 0.0769 e. The Bertz CT molecular complexity index is 579. The molecule has 0 saturated heterocycles. The molecule has 0 bridgehead atoms. The van der Waals surface area contributed by atoms with E-state index in [-0.39, 0.29) is 0 Å². The lowest BCUT2D eigenvalue weighted by molar-refractivity contribution is 0.361. The van der Waals surface area contributed by atoms with E-state index in [0.717, 1.165) is 30.7 Å². The third kappa shape index (κ3) is 1.80. The number of benzene rings is 1. The highest BCUT2D eigenvalue weighted by molar-refractivity contribution is 5.97. The molecule has 94 valence electrons. The number of para-hydroxylation sites is 1. The van der Waals surface area contributed by atoms with Crippen LogP contribution in [0.3, 0.4) is 0 Å². The normalized spacial score (nSPS) is 22.8. The minimum Gasteiger partial charge on any atom is -0.382 e. The fraction of sp³-hybridized carbons (Fsp3) is 0.400. The van der Waals surface area contributed by atoms with Crippen molar-refractivity contribution < 1.29 is 0 Å². The highest BCUT2D eigenvalue weighted by Crippen LogP contribution is 2.35. The zero-order valence-electron chi connectivity index (χ0n) is 11.0. The van der Waals surface area contributed by atoms with Gasteiger partial charge in [0.05, 0.1) is 23.1 Å². The summed E-state index contributed by atoms with van der Waals surface area (Å²) in [5.41, 5.74) is 3.65. The number of nitrogens with one attached hydrogen (secondary N) is 2. The van der Waals surface area contributed by atoms with Gasteiger partial charge in [0.1, 0.15) is 0 Å². The number of pyridine rings is 1. The Morgan fingerprint density at radius 2 is 2.00 bits per heavy atom. The molecule has 0 spiro atoms. The van der Waals surface area contributed by atoms with Gasteiger partial charge >= 0.3 is 0 Å². The lowest BCUT2D eigenvalue weighted by Gasteiger charge is -2.26. The van der Waals surface area contributed by atoms with Crippen molar-refractivity contribution in [2.24, 2.45) is 5.41 Å². The summed E-state index contributed by atoms with van der Waals surface area (Å²) in [5, 5.41) is 8.34. The molecule has 0 aliphatic carbocycles. The Balaban J connectivity index is 2.09. The van der Waals surface area contributed by atoms with Crippen LogP contribution in [0, 0.1) is 5.41 Å². The Labute approximate surface area is 108 Å². The first-order valence-corrected chi connectivity index (χ1v) is 6.57. The summed E-state index contributed by atoms with van der Waals surface area (Å²) >= 11 is 0. The maximum atomic E-state index is 4.51. The largest absolute Gasteiger partial charge is 0.382 e. The molecule has 3 rings (SSSR count). The SMILES string of the molecule is CCC1(C)CNc2cnc3ccccc3c2NC1. The van der Waals surface area contributed by atoms with Crippen LogP contribution in [-0.2, 0) is 0 Å². The molecule has 2 aromatic rings. The summed E-state index contributed by atoms with van der Waals surface area (Å²) in [7, 11) is 0. The van der Waals surface area contributed by atoms with Gasteiger partial charge in [0, 0.05) is 23.9 Å². The molecule has 1 unspecified atom stereocenters. The smallest absolute Gasteiger partial charge is 0.0769 e. The predicted molar refractivity (Wildman–Crippen MR) is 77.1 cm³/mol. The summed E-state index contributed by atoms with van der Waals surface area (Å²) in [6.45, 7) is 6.55. The van der Waals surface area contributed by atoms with Gasteiger partial charge in [-0.1, -0.05) is 32.0 Å². The van der Waals surface area contributed by atoms with Crippen molar-refractivity contribution >= 4 is 22.3 Å². The van der Waals surface area contributed by atoms with E-state index >= 15 is 0 Å². The van der Waals surface area contributed by atoms with Crippen molar-refractivity contribution in [1.29, 1.82) is 0 Å². The monoisotopic (exact) mass is 241 g/mol. The van der Waals surface area contributed by atoms with Crippen LogP contribution >= 0.6 is 0 Å². The highest BCUT2D eigenvalue weighted by Gasteiger charge is 2.26. The predicted octanol–water partition coefficient (Wildman–Crippen LogP) is 3.49. The Kier molecular flexibility index (Phi) is 2.62. The quantitative estimate of drug-likeness (QED) is 0.802. The van der Waals surface area contributed by atoms with E-state index in [2.05, 4.69) is 47.7 Å². The molecule has 0 amide bonds. The average Bonchev–Trinajstić information content (AvgIpc) is 2.59. The zero-order valence-corrected chi connectivity index (χ0v) is 11.0. The Morgan fingerprint density at radius 1 is 1.22 bits per heavy atom. The van der Waals surface area contributed by atoms with Crippen molar-refractivity contribution in [1.82, 2.24) is 4.98 Å². The molecule has 0 fully saturated rings. The average molecular weight is 241 g/mol. The summed E-state index contributed by atoms with van der Waals surface area (Å²) in [4.78, 5) is 4.51. The van der Waals surface area contributed by atoms with E-state index in [1.807, 2.05) is 12.3 Å². The molecule has 2 N–H and O–H groups in total. The van der Waals surface area contributed by atoms with Crippen molar-refractivity contribution in [3.8, 4) is 0 Å². The minimum atomic E-state index is 0.292.